The Morgan fingerprint density at radius 2 is 1.30 bits per heavy atom. The Labute approximate surface area is 255 Å². The first-order valence-corrected chi connectivity index (χ1v) is 16.1. The van der Waals surface area contributed by atoms with Crippen LogP contribution in [0.3, 0.4) is 0 Å². The van der Waals surface area contributed by atoms with Crippen LogP contribution in [0.25, 0.3) is 102 Å². The van der Waals surface area contributed by atoms with E-state index in [1.807, 2.05) is 11.3 Å². The highest BCUT2D eigenvalue weighted by atomic mass is 32.1. The predicted molar refractivity (Wildman–Crippen MR) is 193 cm³/mol. The lowest BCUT2D eigenvalue weighted by molar-refractivity contribution is 1.38. The van der Waals surface area contributed by atoms with Gasteiger partial charge in [-0.05, 0) is 40.0 Å². The second-order valence-corrected chi connectivity index (χ2v) is 13.6. The maximum Gasteiger partial charge on any atom is 0.198 e. The average Bonchev–Trinajstić information content (AvgIpc) is 3.81. The van der Waals surface area contributed by atoms with Crippen molar-refractivity contribution >= 4 is 120 Å². The number of fused-ring (bicyclic) bond motifs is 10. The van der Waals surface area contributed by atoms with E-state index >= 15 is 0 Å². The van der Waals surface area contributed by atoms with Crippen molar-refractivity contribution in [2.45, 2.75) is 0 Å². The SMILES string of the molecule is B1c2cccc3c4cccc5c6c7sc8ccccc8c7c(-c7cccc8c7[nH]c7cc9ccccc9cc78)c1c6n(c23)c45. The van der Waals surface area contributed by atoms with Gasteiger partial charge in [-0.25, -0.2) is 0 Å². The van der Waals surface area contributed by atoms with Crippen LogP contribution >= 0.6 is 11.3 Å². The fourth-order valence-electron chi connectivity index (χ4n) is 8.73. The van der Waals surface area contributed by atoms with Crippen LogP contribution in [0.4, 0.5) is 0 Å². The van der Waals surface area contributed by atoms with Gasteiger partial charge in [-0.1, -0.05) is 103 Å². The molecule has 0 spiro atoms. The molecule has 1 aliphatic rings. The van der Waals surface area contributed by atoms with Crippen molar-refractivity contribution in [1.29, 1.82) is 0 Å². The van der Waals surface area contributed by atoms with Crippen molar-refractivity contribution in [2.24, 2.45) is 0 Å². The average molecular weight is 573 g/mol. The molecule has 4 aromatic heterocycles. The molecule has 7 aromatic carbocycles. The van der Waals surface area contributed by atoms with E-state index in [-0.39, 0.29) is 0 Å². The van der Waals surface area contributed by atoms with E-state index in [2.05, 4.69) is 125 Å². The highest BCUT2D eigenvalue weighted by Gasteiger charge is 2.31. The number of thiophene rings is 1. The maximum atomic E-state index is 3.92. The third kappa shape index (κ3) is 2.43. The number of nitrogens with one attached hydrogen (secondary N) is 1. The van der Waals surface area contributed by atoms with Crippen molar-refractivity contribution in [3.63, 3.8) is 0 Å². The lowest BCUT2D eigenvalue weighted by atomic mass is 9.59. The van der Waals surface area contributed by atoms with Gasteiger partial charge >= 0.3 is 0 Å². The minimum atomic E-state index is 0.926. The fraction of sp³-hybridized carbons (Fsp3) is 0. The van der Waals surface area contributed by atoms with Crippen LogP contribution in [0.5, 0.6) is 0 Å². The topological polar surface area (TPSA) is 20.2 Å². The normalized spacial score (nSPS) is 13.2. The summed E-state index contributed by atoms with van der Waals surface area (Å²) in [6, 6.07) is 43.1. The molecule has 0 amide bonds. The predicted octanol–water partition coefficient (Wildman–Crippen LogP) is 9.36. The molecule has 1 N–H and O–H groups in total. The summed E-state index contributed by atoms with van der Waals surface area (Å²) < 4.78 is 5.38. The molecule has 11 aromatic rings. The van der Waals surface area contributed by atoms with Gasteiger partial charge in [0.1, 0.15) is 0 Å². The summed E-state index contributed by atoms with van der Waals surface area (Å²) in [7, 11) is 0.926. The molecular formula is C40H21BN2S. The maximum absolute atomic E-state index is 3.92. The number of para-hydroxylation sites is 3. The molecule has 0 fully saturated rings. The second-order valence-electron chi connectivity index (χ2n) is 12.5. The highest BCUT2D eigenvalue weighted by molar-refractivity contribution is 7.27. The van der Waals surface area contributed by atoms with E-state index in [1.54, 1.807) is 0 Å². The first kappa shape index (κ1) is 22.3. The summed E-state index contributed by atoms with van der Waals surface area (Å²) in [6.45, 7) is 0. The van der Waals surface area contributed by atoms with Crippen LogP contribution < -0.4 is 10.9 Å². The summed E-state index contributed by atoms with van der Waals surface area (Å²) >= 11 is 1.96. The number of nitrogens with zero attached hydrogens (tertiary/aromatic N) is 1. The molecule has 12 rings (SSSR count). The second kappa shape index (κ2) is 7.42. The Bertz CT molecular complexity index is 3080. The molecule has 2 nitrogen and oxygen atoms in total. The quantitative estimate of drug-likeness (QED) is 0.189. The van der Waals surface area contributed by atoms with Gasteiger partial charge in [0.05, 0.1) is 16.6 Å². The lowest BCUT2D eigenvalue weighted by Crippen LogP contribution is -2.34. The number of H-pyrrole nitrogens is 1. The number of aromatic nitrogens is 2. The van der Waals surface area contributed by atoms with Crippen LogP contribution in [0.2, 0.25) is 0 Å². The molecule has 1 aliphatic heterocycles. The molecule has 200 valence electrons. The van der Waals surface area contributed by atoms with E-state index in [1.165, 1.54) is 113 Å². The van der Waals surface area contributed by atoms with Crippen LogP contribution in [0.15, 0.2) is 115 Å². The van der Waals surface area contributed by atoms with Crippen LogP contribution in [-0.4, -0.2) is 16.7 Å². The number of hydrogen-bond donors (Lipinski definition) is 1. The van der Waals surface area contributed by atoms with E-state index in [9.17, 15) is 0 Å². The van der Waals surface area contributed by atoms with Crippen molar-refractivity contribution < 1.29 is 0 Å². The molecule has 0 saturated carbocycles. The molecule has 0 saturated heterocycles. The van der Waals surface area contributed by atoms with E-state index in [0.29, 0.717) is 0 Å². The largest absolute Gasteiger partial charge is 0.354 e. The molecular weight excluding hydrogens is 551 g/mol. The molecule has 5 heterocycles. The monoisotopic (exact) mass is 572 g/mol. The van der Waals surface area contributed by atoms with Gasteiger partial charge in [-0.3, -0.25) is 0 Å². The van der Waals surface area contributed by atoms with Crippen molar-refractivity contribution in [2.75, 3.05) is 0 Å². The summed E-state index contributed by atoms with van der Waals surface area (Å²) in [4.78, 5) is 3.92. The van der Waals surface area contributed by atoms with Gasteiger partial charge in [-0.2, -0.15) is 0 Å². The minimum absolute atomic E-state index is 0.926. The molecule has 0 unspecified atom stereocenters. The summed E-state index contributed by atoms with van der Waals surface area (Å²) in [5, 5.41) is 13.4. The standard InChI is InChI=1S/C40H21BN2S/c1-2-9-21-19-30-28(18-20(21)8-1)22-11-5-14-26(36(22)42-30)32-33-25-10-3-4-17-31(25)44-40(33)34-27-15-6-12-23-24-13-7-16-29-38(24)43(37(23)27)39(34)35(32)41-29/h1-19,41-42H. The summed E-state index contributed by atoms with van der Waals surface area (Å²) in [6.07, 6.45) is 0. The zero-order chi connectivity index (χ0) is 28.3. The van der Waals surface area contributed by atoms with Crippen LogP contribution in [0.1, 0.15) is 0 Å². The lowest BCUT2D eigenvalue weighted by Gasteiger charge is -2.20. The summed E-state index contributed by atoms with van der Waals surface area (Å²) in [5.41, 5.74) is 12.1. The molecule has 0 atom stereocenters. The Kier molecular flexibility index (Phi) is 3.75. The molecule has 44 heavy (non-hydrogen) atoms. The van der Waals surface area contributed by atoms with Crippen LogP contribution in [-0.2, 0) is 0 Å². The fourth-order valence-corrected chi connectivity index (χ4v) is 10.00. The van der Waals surface area contributed by atoms with Gasteiger partial charge in [0, 0.05) is 69.1 Å². The Morgan fingerprint density at radius 1 is 0.568 bits per heavy atom. The van der Waals surface area contributed by atoms with E-state index < -0.39 is 0 Å². The third-order valence-electron chi connectivity index (χ3n) is 10.4. The smallest absolute Gasteiger partial charge is 0.198 e. The Morgan fingerprint density at radius 3 is 2.23 bits per heavy atom. The number of hydrogen-bond acceptors (Lipinski definition) is 1. The first-order chi connectivity index (χ1) is 21.8. The van der Waals surface area contributed by atoms with Gasteiger partial charge in [0.2, 0.25) is 0 Å². The number of benzene rings is 7. The van der Waals surface area contributed by atoms with Gasteiger partial charge in [0.25, 0.3) is 0 Å². The molecule has 0 aliphatic carbocycles. The van der Waals surface area contributed by atoms with Crippen LogP contribution in [0, 0.1) is 0 Å². The third-order valence-corrected chi connectivity index (χ3v) is 11.6. The zero-order valence-electron chi connectivity index (χ0n) is 23.5. The Balaban J connectivity index is 1.36. The first-order valence-electron chi connectivity index (χ1n) is 15.3. The van der Waals surface area contributed by atoms with Gasteiger partial charge in [-0.15, -0.1) is 11.3 Å². The van der Waals surface area contributed by atoms with Crippen molar-refractivity contribution in [3.05, 3.63) is 115 Å². The van der Waals surface area contributed by atoms with Crippen molar-refractivity contribution in [3.8, 4) is 11.1 Å². The zero-order valence-corrected chi connectivity index (χ0v) is 24.3. The molecule has 0 radical (unpaired) electrons. The number of aromatic amines is 1. The summed E-state index contributed by atoms with van der Waals surface area (Å²) in [5.74, 6) is 0. The van der Waals surface area contributed by atoms with Gasteiger partial charge < -0.3 is 9.38 Å². The van der Waals surface area contributed by atoms with E-state index in [0.717, 1.165) is 7.28 Å². The van der Waals surface area contributed by atoms with Crippen molar-refractivity contribution in [1.82, 2.24) is 9.38 Å². The minimum Gasteiger partial charge on any atom is -0.354 e. The van der Waals surface area contributed by atoms with E-state index in [4.69, 9.17) is 0 Å². The molecule has 0 bridgehead atoms. The Hall–Kier alpha value is -5.32. The van der Waals surface area contributed by atoms with Gasteiger partial charge in [0.15, 0.2) is 7.28 Å². The number of rotatable bonds is 1. The molecule has 4 heteroatoms. The highest BCUT2D eigenvalue weighted by Crippen LogP contribution is 2.49.